The van der Waals surface area contributed by atoms with Gasteiger partial charge in [-0.05, 0) is 37.0 Å². The maximum atomic E-state index is 2.51. The molecule has 3 heterocycles. The van der Waals surface area contributed by atoms with Gasteiger partial charge in [-0.3, -0.25) is 0 Å². The molecule has 0 N–H and O–H groups in total. The summed E-state index contributed by atoms with van der Waals surface area (Å²) in [6, 6.07) is 0. The Morgan fingerprint density at radius 3 is 2.18 bits per heavy atom. The van der Waals surface area contributed by atoms with E-state index in [4.69, 9.17) is 0 Å². The summed E-state index contributed by atoms with van der Waals surface area (Å²) in [6.45, 7) is 3.65. The van der Waals surface area contributed by atoms with Crippen LogP contribution < -0.4 is 0 Å². The third-order valence-corrected chi connectivity index (χ3v) is 4.70. The van der Waals surface area contributed by atoms with Crippen LogP contribution in [-0.2, 0) is 0 Å². The molecule has 4 rings (SSSR count). The molecule has 11 heavy (non-hydrogen) atoms. The number of hydrogen-bond acceptors (Lipinski definition) is 0. The lowest BCUT2D eigenvalue weighted by Gasteiger charge is -2.52. The monoisotopic (exact) mass is 148 g/mol. The van der Waals surface area contributed by atoms with Crippen molar-refractivity contribution in [2.75, 3.05) is 0 Å². The van der Waals surface area contributed by atoms with Crippen molar-refractivity contribution in [2.45, 2.75) is 44.6 Å². The predicted octanol–water partition coefficient (Wildman–Crippen LogP) is 2.93. The van der Waals surface area contributed by atoms with Gasteiger partial charge in [-0.25, -0.2) is 0 Å². The highest BCUT2D eigenvalue weighted by molar-refractivity contribution is 6.61. The van der Waals surface area contributed by atoms with Crippen molar-refractivity contribution in [2.24, 2.45) is 17.8 Å². The zero-order valence-electron chi connectivity index (χ0n) is 7.42. The Labute approximate surface area is 69.8 Å². The largest absolute Gasteiger partial charge is 0.143 e. The van der Waals surface area contributed by atoms with Crippen LogP contribution in [0.15, 0.2) is 0 Å². The van der Waals surface area contributed by atoms with Crippen molar-refractivity contribution in [1.29, 1.82) is 0 Å². The quantitative estimate of drug-likeness (QED) is 0.463. The SMILES string of the molecule is CC1B2CC3CC(C2)CC1C3. The average Bonchev–Trinajstić information content (AvgIpc) is 1.98. The molecule has 1 saturated carbocycles. The smallest absolute Gasteiger partial charge is 0.0710 e. The van der Waals surface area contributed by atoms with Crippen molar-refractivity contribution < 1.29 is 0 Å². The molecule has 60 valence electrons. The molecule has 1 heteroatoms. The van der Waals surface area contributed by atoms with Crippen LogP contribution in [0.3, 0.4) is 0 Å². The van der Waals surface area contributed by atoms with Crippen LogP contribution in [0.2, 0.25) is 18.5 Å². The highest BCUT2D eigenvalue weighted by Crippen LogP contribution is 2.55. The summed E-state index contributed by atoms with van der Waals surface area (Å²) in [7, 11) is 0. The van der Waals surface area contributed by atoms with Crippen molar-refractivity contribution in [3.63, 3.8) is 0 Å². The normalized spacial score (nSPS) is 53.7. The highest BCUT2D eigenvalue weighted by Gasteiger charge is 2.47. The summed E-state index contributed by atoms with van der Waals surface area (Å²) in [5, 5.41) is 0. The second kappa shape index (κ2) is 2.05. The van der Waals surface area contributed by atoms with Gasteiger partial charge in [-0.15, -0.1) is 0 Å². The minimum Gasteiger partial charge on any atom is -0.0710 e. The number of hydrogen-bond donors (Lipinski definition) is 0. The van der Waals surface area contributed by atoms with Gasteiger partial charge in [-0.1, -0.05) is 25.4 Å². The van der Waals surface area contributed by atoms with Crippen molar-refractivity contribution in [3.8, 4) is 0 Å². The van der Waals surface area contributed by atoms with E-state index in [2.05, 4.69) is 6.92 Å². The molecule has 4 bridgehead atoms. The summed E-state index contributed by atoms with van der Waals surface area (Å²) in [6.07, 6.45) is 7.96. The Morgan fingerprint density at radius 1 is 1.00 bits per heavy atom. The Morgan fingerprint density at radius 2 is 1.64 bits per heavy atom. The van der Waals surface area contributed by atoms with Crippen LogP contribution in [-0.4, -0.2) is 6.71 Å². The fraction of sp³-hybridized carbons (Fsp3) is 1.00. The molecule has 0 spiro atoms. The van der Waals surface area contributed by atoms with Crippen molar-refractivity contribution >= 4 is 6.71 Å². The van der Waals surface area contributed by atoms with Gasteiger partial charge in [0.15, 0.2) is 0 Å². The predicted molar refractivity (Wildman–Crippen MR) is 49.1 cm³/mol. The van der Waals surface area contributed by atoms with E-state index < -0.39 is 0 Å². The Bertz CT molecular complexity index is 148. The van der Waals surface area contributed by atoms with Gasteiger partial charge in [0.1, 0.15) is 6.71 Å². The van der Waals surface area contributed by atoms with Crippen molar-refractivity contribution in [1.82, 2.24) is 0 Å². The standard InChI is InChI=1S/C10H17B/c1-7-10-3-8-2-9(4-10)6-11(7)5-8/h7-10H,2-6H2,1H3. The molecule has 0 aromatic carbocycles. The first kappa shape index (κ1) is 6.57. The van der Waals surface area contributed by atoms with Crippen molar-refractivity contribution in [3.05, 3.63) is 0 Å². The van der Waals surface area contributed by atoms with Gasteiger partial charge in [0.05, 0.1) is 0 Å². The van der Waals surface area contributed by atoms with Gasteiger partial charge in [0.25, 0.3) is 0 Å². The van der Waals surface area contributed by atoms with E-state index in [1.54, 1.807) is 31.9 Å². The summed E-state index contributed by atoms with van der Waals surface area (Å²) in [5.74, 6) is 4.55. The summed E-state index contributed by atoms with van der Waals surface area (Å²) in [4.78, 5) is 0. The van der Waals surface area contributed by atoms with Crippen LogP contribution in [0.5, 0.6) is 0 Å². The van der Waals surface area contributed by atoms with E-state index in [1.807, 2.05) is 0 Å². The van der Waals surface area contributed by atoms with E-state index in [-0.39, 0.29) is 0 Å². The minimum absolute atomic E-state index is 1.09. The van der Waals surface area contributed by atoms with E-state index in [0.717, 1.165) is 30.3 Å². The lowest BCUT2D eigenvalue weighted by Crippen LogP contribution is -2.46. The molecular weight excluding hydrogens is 131 g/mol. The van der Waals surface area contributed by atoms with Crippen LogP contribution in [0.4, 0.5) is 0 Å². The molecular formula is C10H17B. The zero-order valence-corrected chi connectivity index (χ0v) is 7.42. The molecule has 1 aliphatic carbocycles. The van der Waals surface area contributed by atoms with E-state index in [1.165, 1.54) is 0 Å². The van der Waals surface area contributed by atoms with E-state index >= 15 is 0 Å². The van der Waals surface area contributed by atoms with E-state index in [9.17, 15) is 0 Å². The minimum atomic E-state index is 1.09. The van der Waals surface area contributed by atoms with Gasteiger partial charge in [0.2, 0.25) is 0 Å². The second-order valence-electron chi connectivity index (χ2n) is 5.29. The molecule has 4 aliphatic rings. The van der Waals surface area contributed by atoms with Gasteiger partial charge in [0, 0.05) is 0 Å². The highest BCUT2D eigenvalue weighted by atomic mass is 14.4. The topological polar surface area (TPSA) is 0 Å². The Kier molecular flexibility index (Phi) is 1.23. The Hall–Kier alpha value is 0.0649. The van der Waals surface area contributed by atoms with Gasteiger partial charge in [-0.2, -0.15) is 0 Å². The molecule has 4 fully saturated rings. The lowest BCUT2D eigenvalue weighted by atomic mass is 9.23. The Balaban J connectivity index is 1.91. The third kappa shape index (κ3) is 0.831. The van der Waals surface area contributed by atoms with Crippen LogP contribution in [0, 0.1) is 17.8 Å². The molecule has 0 radical (unpaired) electrons. The molecule has 3 aliphatic heterocycles. The summed E-state index contributed by atoms with van der Waals surface area (Å²) < 4.78 is 0. The first-order valence-electron chi connectivity index (χ1n) is 5.33. The van der Waals surface area contributed by atoms with E-state index in [0.29, 0.717) is 0 Å². The second-order valence-corrected chi connectivity index (χ2v) is 5.29. The zero-order chi connectivity index (χ0) is 7.42. The maximum Gasteiger partial charge on any atom is 0.143 e. The molecule has 3 atom stereocenters. The van der Waals surface area contributed by atoms with Crippen LogP contribution in [0.25, 0.3) is 0 Å². The molecule has 0 nitrogen and oxygen atoms in total. The molecule has 3 unspecified atom stereocenters. The molecule has 0 amide bonds. The van der Waals surface area contributed by atoms with Gasteiger partial charge >= 0.3 is 0 Å². The van der Waals surface area contributed by atoms with Crippen LogP contribution in [0.1, 0.15) is 26.2 Å². The van der Waals surface area contributed by atoms with Crippen LogP contribution >= 0.6 is 0 Å². The first-order chi connectivity index (χ1) is 5.33. The number of rotatable bonds is 0. The molecule has 0 aromatic rings. The first-order valence-corrected chi connectivity index (χ1v) is 5.33. The third-order valence-electron chi connectivity index (χ3n) is 4.70. The fourth-order valence-corrected chi connectivity index (χ4v) is 4.20. The lowest BCUT2D eigenvalue weighted by molar-refractivity contribution is 0.171. The molecule has 0 aromatic heterocycles. The summed E-state index contributed by atoms with van der Waals surface area (Å²) >= 11 is 0. The average molecular weight is 148 g/mol. The van der Waals surface area contributed by atoms with Gasteiger partial charge < -0.3 is 0 Å². The summed E-state index contributed by atoms with van der Waals surface area (Å²) in [5.41, 5.74) is 0. The molecule has 3 saturated heterocycles. The maximum absolute atomic E-state index is 2.51. The fourth-order valence-electron chi connectivity index (χ4n) is 4.20.